The van der Waals surface area contributed by atoms with Gasteiger partial charge in [-0.15, -0.1) is 0 Å². The molecule has 3 fully saturated rings. The van der Waals surface area contributed by atoms with Gasteiger partial charge in [0.05, 0.1) is 16.1 Å². The van der Waals surface area contributed by atoms with E-state index in [9.17, 15) is 9.18 Å². The van der Waals surface area contributed by atoms with E-state index in [4.69, 9.17) is 4.98 Å². The predicted octanol–water partition coefficient (Wildman–Crippen LogP) is 4.13. The maximum absolute atomic E-state index is 13.5. The van der Waals surface area contributed by atoms with Gasteiger partial charge < -0.3 is 9.80 Å². The summed E-state index contributed by atoms with van der Waals surface area (Å²) in [6, 6.07) is 5.49. The molecule has 2 saturated heterocycles. The minimum absolute atomic E-state index is 0.0451. The van der Waals surface area contributed by atoms with Gasteiger partial charge in [0.15, 0.2) is 5.13 Å². The fourth-order valence-corrected chi connectivity index (χ4v) is 6.41. The molecule has 5 rings (SSSR count). The summed E-state index contributed by atoms with van der Waals surface area (Å²) in [7, 11) is 0. The van der Waals surface area contributed by atoms with E-state index in [2.05, 4.69) is 14.7 Å². The smallest absolute Gasteiger partial charge is 0.227 e. The molecule has 2 aliphatic heterocycles. The number of fused-ring (bicyclic) bond motifs is 1. The highest BCUT2D eigenvalue weighted by molar-refractivity contribution is 7.22. The molecule has 7 heteroatoms. The lowest BCUT2D eigenvalue weighted by Gasteiger charge is -2.42. The third-order valence-electron chi connectivity index (χ3n) is 7.10. The van der Waals surface area contributed by atoms with E-state index < -0.39 is 0 Å². The van der Waals surface area contributed by atoms with Crippen molar-refractivity contribution in [3.63, 3.8) is 0 Å². The second kappa shape index (κ2) is 8.79. The van der Waals surface area contributed by atoms with Crippen molar-refractivity contribution in [3.8, 4) is 0 Å². The van der Waals surface area contributed by atoms with Crippen LogP contribution in [-0.4, -0.2) is 66.0 Å². The molecule has 1 amide bonds. The second-order valence-electron chi connectivity index (χ2n) is 9.05. The molecule has 0 radical (unpaired) electrons. The number of aromatic nitrogens is 1. The molecule has 162 valence electrons. The molecule has 1 atom stereocenters. The summed E-state index contributed by atoms with van der Waals surface area (Å²) in [6.45, 7) is 5.43. The third-order valence-corrected chi connectivity index (χ3v) is 8.18. The average Bonchev–Trinajstić information content (AvgIpc) is 3.23. The molecule has 1 aromatic carbocycles. The first-order valence-corrected chi connectivity index (χ1v) is 12.3. The van der Waals surface area contributed by atoms with E-state index in [1.807, 2.05) is 0 Å². The van der Waals surface area contributed by atoms with Crippen molar-refractivity contribution in [3.05, 3.63) is 24.0 Å². The van der Waals surface area contributed by atoms with Gasteiger partial charge in [-0.2, -0.15) is 0 Å². The highest BCUT2D eigenvalue weighted by Crippen LogP contribution is 2.32. The quantitative estimate of drug-likeness (QED) is 0.734. The predicted molar refractivity (Wildman–Crippen MR) is 120 cm³/mol. The molecule has 1 unspecified atom stereocenters. The highest BCUT2D eigenvalue weighted by atomic mass is 32.1. The molecule has 1 saturated carbocycles. The first kappa shape index (κ1) is 20.2. The number of piperazine rings is 1. The molecule has 0 bridgehead atoms. The highest BCUT2D eigenvalue weighted by Gasteiger charge is 2.33. The lowest BCUT2D eigenvalue weighted by Crippen LogP contribution is -2.54. The summed E-state index contributed by atoms with van der Waals surface area (Å²) >= 11 is 1.53. The van der Waals surface area contributed by atoms with E-state index >= 15 is 0 Å². The Bertz CT molecular complexity index is 888. The molecule has 0 spiro atoms. The first-order chi connectivity index (χ1) is 14.7. The zero-order valence-electron chi connectivity index (χ0n) is 17.6. The summed E-state index contributed by atoms with van der Waals surface area (Å²) in [5, 5.41) is 0.912. The standard InChI is InChI=1S/C23H31FN4OS/c24-18-8-9-20-21(15-18)30-23(25-20)28-10-4-5-17(16-28)22(29)27-13-11-26(12-14-27)19-6-2-1-3-7-19/h8-9,15,17,19H,1-7,10-14,16H2. The Morgan fingerprint density at radius 1 is 1.00 bits per heavy atom. The van der Waals surface area contributed by atoms with E-state index in [1.165, 1.54) is 49.5 Å². The number of hydrogen-bond donors (Lipinski definition) is 0. The summed E-state index contributed by atoms with van der Waals surface area (Å²) in [4.78, 5) is 24.9. The summed E-state index contributed by atoms with van der Waals surface area (Å²) in [5.74, 6) is 0.135. The van der Waals surface area contributed by atoms with Gasteiger partial charge in [-0.3, -0.25) is 9.69 Å². The topological polar surface area (TPSA) is 39.7 Å². The second-order valence-corrected chi connectivity index (χ2v) is 10.1. The van der Waals surface area contributed by atoms with Crippen LogP contribution in [0.25, 0.3) is 10.2 Å². The van der Waals surface area contributed by atoms with Crippen LogP contribution in [-0.2, 0) is 4.79 Å². The van der Waals surface area contributed by atoms with Crippen LogP contribution >= 0.6 is 11.3 Å². The van der Waals surface area contributed by atoms with Crippen LogP contribution in [0, 0.1) is 11.7 Å². The van der Waals surface area contributed by atoms with Gasteiger partial charge in [0.25, 0.3) is 0 Å². The molecule has 3 heterocycles. The number of rotatable bonds is 3. The van der Waals surface area contributed by atoms with Crippen molar-refractivity contribution < 1.29 is 9.18 Å². The maximum Gasteiger partial charge on any atom is 0.227 e. The van der Waals surface area contributed by atoms with Crippen LogP contribution in [0.2, 0.25) is 0 Å². The van der Waals surface area contributed by atoms with Crippen LogP contribution in [0.5, 0.6) is 0 Å². The van der Waals surface area contributed by atoms with Gasteiger partial charge in [-0.25, -0.2) is 9.37 Å². The van der Waals surface area contributed by atoms with Crippen LogP contribution in [0.15, 0.2) is 18.2 Å². The monoisotopic (exact) mass is 430 g/mol. The number of halogens is 1. The van der Waals surface area contributed by atoms with Crippen LogP contribution in [0.4, 0.5) is 9.52 Å². The molecule has 1 aliphatic carbocycles. The molecule has 30 heavy (non-hydrogen) atoms. The van der Waals surface area contributed by atoms with E-state index in [0.717, 1.165) is 73.5 Å². The van der Waals surface area contributed by atoms with Crippen LogP contribution < -0.4 is 4.90 Å². The van der Waals surface area contributed by atoms with Crippen molar-refractivity contribution in [1.29, 1.82) is 0 Å². The minimum atomic E-state index is -0.225. The number of amides is 1. The fourth-order valence-electron chi connectivity index (χ4n) is 5.39. The van der Waals surface area contributed by atoms with Crippen molar-refractivity contribution >= 4 is 32.6 Å². The van der Waals surface area contributed by atoms with Crippen molar-refractivity contribution in [1.82, 2.24) is 14.8 Å². The number of carbonyl (C=O) groups is 1. The Morgan fingerprint density at radius 2 is 1.80 bits per heavy atom. The Labute approximate surface area is 181 Å². The molecule has 0 N–H and O–H groups in total. The van der Waals surface area contributed by atoms with E-state index in [1.54, 1.807) is 12.1 Å². The number of anilines is 1. The van der Waals surface area contributed by atoms with Gasteiger partial charge in [0.2, 0.25) is 5.91 Å². The average molecular weight is 431 g/mol. The molecule has 1 aromatic heterocycles. The number of thiazole rings is 1. The van der Waals surface area contributed by atoms with Gasteiger partial charge in [-0.1, -0.05) is 30.6 Å². The Morgan fingerprint density at radius 3 is 2.60 bits per heavy atom. The van der Waals surface area contributed by atoms with Crippen LogP contribution in [0.1, 0.15) is 44.9 Å². The number of nitrogens with zero attached hydrogens (tertiary/aromatic N) is 4. The minimum Gasteiger partial charge on any atom is -0.347 e. The van der Waals surface area contributed by atoms with Crippen molar-refractivity contribution in [2.24, 2.45) is 5.92 Å². The van der Waals surface area contributed by atoms with Crippen LogP contribution in [0.3, 0.4) is 0 Å². The Kier molecular flexibility index (Phi) is 5.92. The summed E-state index contributed by atoms with van der Waals surface area (Å²) in [5.41, 5.74) is 0.837. The van der Waals surface area contributed by atoms with Crippen molar-refractivity contribution in [2.45, 2.75) is 51.0 Å². The number of benzene rings is 1. The maximum atomic E-state index is 13.5. The lowest BCUT2D eigenvalue weighted by molar-refractivity contribution is -0.138. The summed E-state index contributed by atoms with van der Waals surface area (Å²) in [6.07, 6.45) is 8.73. The fraction of sp³-hybridized carbons (Fsp3) is 0.652. The molecule has 2 aromatic rings. The van der Waals surface area contributed by atoms with Gasteiger partial charge >= 0.3 is 0 Å². The Balaban J connectivity index is 1.20. The van der Waals surface area contributed by atoms with Gasteiger partial charge in [0.1, 0.15) is 5.82 Å². The van der Waals surface area contributed by atoms with E-state index in [0.29, 0.717) is 5.91 Å². The molecular weight excluding hydrogens is 399 g/mol. The SMILES string of the molecule is O=C(C1CCCN(c2nc3ccc(F)cc3s2)C1)N1CCN(C2CCCCC2)CC1. The normalized spacial score (nSPS) is 24.5. The van der Waals surface area contributed by atoms with Gasteiger partial charge in [0, 0.05) is 45.3 Å². The number of piperidine rings is 1. The largest absolute Gasteiger partial charge is 0.347 e. The Hall–Kier alpha value is -1.73. The lowest BCUT2D eigenvalue weighted by atomic mass is 9.93. The number of hydrogen-bond acceptors (Lipinski definition) is 5. The first-order valence-electron chi connectivity index (χ1n) is 11.5. The van der Waals surface area contributed by atoms with E-state index in [-0.39, 0.29) is 11.7 Å². The summed E-state index contributed by atoms with van der Waals surface area (Å²) < 4.78 is 14.4. The molecule has 3 aliphatic rings. The zero-order chi connectivity index (χ0) is 20.5. The van der Waals surface area contributed by atoms with Crippen molar-refractivity contribution in [2.75, 3.05) is 44.2 Å². The molecular formula is C23H31FN4OS. The third kappa shape index (κ3) is 4.19. The molecule has 5 nitrogen and oxygen atoms in total. The zero-order valence-corrected chi connectivity index (χ0v) is 18.4. The van der Waals surface area contributed by atoms with Gasteiger partial charge in [-0.05, 0) is 43.9 Å². The number of carbonyl (C=O) groups excluding carboxylic acids is 1.